The number of halogens is 1. The van der Waals surface area contributed by atoms with E-state index >= 15 is 0 Å². The molecular formula is C13H13FN2O. The minimum atomic E-state index is -0.259. The number of anilines is 1. The predicted molar refractivity (Wildman–Crippen MR) is 64.1 cm³/mol. The number of nitrogen functional groups attached to an aromatic ring is 1. The Morgan fingerprint density at radius 2 is 1.88 bits per heavy atom. The second kappa shape index (κ2) is 4.82. The molecule has 0 amide bonds. The maximum Gasteiger partial charge on any atom is 0.166 e. The number of nitrogens with two attached hydrogens (primary N) is 1. The van der Waals surface area contributed by atoms with Crippen molar-refractivity contribution in [3.63, 3.8) is 0 Å². The van der Waals surface area contributed by atoms with Gasteiger partial charge in [0.1, 0.15) is 12.4 Å². The Bertz CT molecular complexity index is 511. The first-order valence-corrected chi connectivity index (χ1v) is 5.25. The molecule has 0 bridgehead atoms. The van der Waals surface area contributed by atoms with Gasteiger partial charge in [0.15, 0.2) is 11.6 Å². The summed E-state index contributed by atoms with van der Waals surface area (Å²) in [7, 11) is 0. The Hall–Kier alpha value is -2.10. The normalized spacial score (nSPS) is 10.2. The van der Waals surface area contributed by atoms with Crippen LogP contribution in [0.2, 0.25) is 0 Å². The van der Waals surface area contributed by atoms with Gasteiger partial charge in [-0.25, -0.2) is 9.37 Å². The van der Waals surface area contributed by atoms with Crippen LogP contribution in [0.15, 0.2) is 36.4 Å². The molecule has 1 aromatic carbocycles. The lowest BCUT2D eigenvalue weighted by Crippen LogP contribution is -2.01. The second-order valence-electron chi connectivity index (χ2n) is 3.75. The van der Waals surface area contributed by atoms with Crippen molar-refractivity contribution in [2.24, 2.45) is 0 Å². The quantitative estimate of drug-likeness (QED) is 0.885. The lowest BCUT2D eigenvalue weighted by Gasteiger charge is -2.08. The number of pyridine rings is 1. The first-order chi connectivity index (χ1) is 8.15. The fourth-order valence-corrected chi connectivity index (χ4v) is 1.43. The SMILES string of the molecule is Cc1ccc(OCc2ccc(F)cc2)c(N)n1. The molecule has 88 valence electrons. The summed E-state index contributed by atoms with van der Waals surface area (Å²) in [6.07, 6.45) is 0. The van der Waals surface area contributed by atoms with E-state index in [1.54, 1.807) is 18.2 Å². The van der Waals surface area contributed by atoms with Crippen LogP contribution in [0.4, 0.5) is 10.2 Å². The number of benzene rings is 1. The van der Waals surface area contributed by atoms with Gasteiger partial charge < -0.3 is 10.5 Å². The summed E-state index contributed by atoms with van der Waals surface area (Å²) in [6, 6.07) is 9.75. The zero-order valence-corrected chi connectivity index (χ0v) is 9.48. The average Bonchev–Trinajstić information content (AvgIpc) is 2.30. The maximum atomic E-state index is 12.7. The van der Waals surface area contributed by atoms with E-state index in [9.17, 15) is 4.39 Å². The number of nitrogens with zero attached hydrogens (tertiary/aromatic N) is 1. The number of aryl methyl sites for hydroxylation is 1. The molecule has 0 aliphatic rings. The largest absolute Gasteiger partial charge is 0.485 e. The predicted octanol–water partition coefficient (Wildman–Crippen LogP) is 2.69. The van der Waals surface area contributed by atoms with Gasteiger partial charge in [0, 0.05) is 5.69 Å². The van der Waals surface area contributed by atoms with Gasteiger partial charge in [-0.05, 0) is 36.8 Å². The number of ether oxygens (including phenoxy) is 1. The highest BCUT2D eigenvalue weighted by molar-refractivity contribution is 5.46. The molecule has 2 N–H and O–H groups in total. The van der Waals surface area contributed by atoms with Crippen LogP contribution in [0.25, 0.3) is 0 Å². The van der Waals surface area contributed by atoms with Crippen LogP contribution in [-0.2, 0) is 6.61 Å². The summed E-state index contributed by atoms with van der Waals surface area (Å²) < 4.78 is 18.2. The zero-order valence-electron chi connectivity index (χ0n) is 9.48. The molecule has 0 radical (unpaired) electrons. The van der Waals surface area contributed by atoms with Crippen molar-refractivity contribution in [2.75, 3.05) is 5.73 Å². The molecular weight excluding hydrogens is 219 g/mol. The van der Waals surface area contributed by atoms with E-state index in [0.29, 0.717) is 18.2 Å². The van der Waals surface area contributed by atoms with Gasteiger partial charge in [-0.3, -0.25) is 0 Å². The van der Waals surface area contributed by atoms with Crippen molar-refractivity contribution in [3.8, 4) is 5.75 Å². The minimum Gasteiger partial charge on any atom is -0.485 e. The molecule has 0 saturated heterocycles. The van der Waals surface area contributed by atoms with Crippen LogP contribution >= 0.6 is 0 Å². The van der Waals surface area contributed by atoms with Crippen LogP contribution < -0.4 is 10.5 Å². The van der Waals surface area contributed by atoms with Crippen molar-refractivity contribution in [1.29, 1.82) is 0 Å². The lowest BCUT2D eigenvalue weighted by atomic mass is 10.2. The number of aromatic nitrogens is 1. The second-order valence-corrected chi connectivity index (χ2v) is 3.75. The van der Waals surface area contributed by atoms with Crippen LogP contribution in [-0.4, -0.2) is 4.98 Å². The molecule has 0 fully saturated rings. The molecule has 17 heavy (non-hydrogen) atoms. The fraction of sp³-hybridized carbons (Fsp3) is 0.154. The summed E-state index contributed by atoms with van der Waals surface area (Å²) in [5.74, 6) is 0.650. The van der Waals surface area contributed by atoms with Crippen LogP contribution in [0.3, 0.4) is 0 Å². The third-order valence-electron chi connectivity index (χ3n) is 2.33. The van der Waals surface area contributed by atoms with Gasteiger partial charge in [-0.1, -0.05) is 12.1 Å². The molecule has 1 heterocycles. The summed E-state index contributed by atoms with van der Waals surface area (Å²) in [4.78, 5) is 4.09. The van der Waals surface area contributed by atoms with E-state index in [4.69, 9.17) is 10.5 Å². The van der Waals surface area contributed by atoms with E-state index in [1.165, 1.54) is 12.1 Å². The molecule has 0 saturated carbocycles. The van der Waals surface area contributed by atoms with Crippen molar-refractivity contribution < 1.29 is 9.13 Å². The molecule has 0 aliphatic heterocycles. The highest BCUT2D eigenvalue weighted by atomic mass is 19.1. The number of rotatable bonds is 3. The van der Waals surface area contributed by atoms with E-state index in [1.807, 2.05) is 13.0 Å². The van der Waals surface area contributed by atoms with Crippen LogP contribution in [0.1, 0.15) is 11.3 Å². The Morgan fingerprint density at radius 3 is 2.53 bits per heavy atom. The molecule has 3 nitrogen and oxygen atoms in total. The number of hydrogen-bond donors (Lipinski definition) is 1. The maximum absolute atomic E-state index is 12.7. The molecule has 0 aliphatic carbocycles. The monoisotopic (exact) mass is 232 g/mol. The Balaban J connectivity index is 2.04. The zero-order chi connectivity index (χ0) is 12.3. The molecule has 4 heteroatoms. The Morgan fingerprint density at radius 1 is 1.18 bits per heavy atom. The third-order valence-corrected chi connectivity index (χ3v) is 2.33. The fourth-order valence-electron chi connectivity index (χ4n) is 1.43. The van der Waals surface area contributed by atoms with Crippen molar-refractivity contribution >= 4 is 5.82 Å². The van der Waals surface area contributed by atoms with Crippen LogP contribution in [0.5, 0.6) is 5.75 Å². The van der Waals surface area contributed by atoms with Crippen molar-refractivity contribution in [1.82, 2.24) is 4.98 Å². The van der Waals surface area contributed by atoms with Gasteiger partial charge >= 0.3 is 0 Å². The van der Waals surface area contributed by atoms with Gasteiger partial charge in [0.25, 0.3) is 0 Å². The highest BCUT2D eigenvalue weighted by Gasteiger charge is 2.02. The van der Waals surface area contributed by atoms with Gasteiger partial charge in [0.05, 0.1) is 0 Å². The summed E-state index contributed by atoms with van der Waals surface area (Å²) in [5.41, 5.74) is 7.44. The molecule has 0 unspecified atom stereocenters. The van der Waals surface area contributed by atoms with Crippen molar-refractivity contribution in [2.45, 2.75) is 13.5 Å². The standard InChI is InChI=1S/C13H13FN2O/c1-9-2-7-12(13(15)16-9)17-8-10-3-5-11(14)6-4-10/h2-7H,8H2,1H3,(H2,15,16). The molecule has 1 aromatic heterocycles. The lowest BCUT2D eigenvalue weighted by molar-refractivity contribution is 0.306. The molecule has 0 spiro atoms. The van der Waals surface area contributed by atoms with Gasteiger partial charge in [-0.15, -0.1) is 0 Å². The van der Waals surface area contributed by atoms with Gasteiger partial charge in [-0.2, -0.15) is 0 Å². The van der Waals surface area contributed by atoms with Gasteiger partial charge in [0.2, 0.25) is 0 Å². The third kappa shape index (κ3) is 2.93. The first kappa shape index (κ1) is 11.4. The first-order valence-electron chi connectivity index (χ1n) is 5.25. The Labute approximate surface area is 99.1 Å². The summed E-state index contributed by atoms with van der Waals surface area (Å²) >= 11 is 0. The summed E-state index contributed by atoms with van der Waals surface area (Å²) in [5, 5.41) is 0. The van der Waals surface area contributed by atoms with E-state index in [0.717, 1.165) is 11.3 Å². The average molecular weight is 232 g/mol. The van der Waals surface area contributed by atoms with Crippen LogP contribution in [0, 0.1) is 12.7 Å². The molecule has 2 aromatic rings. The topological polar surface area (TPSA) is 48.1 Å². The minimum absolute atomic E-state index is 0.259. The van der Waals surface area contributed by atoms with Crippen molar-refractivity contribution in [3.05, 3.63) is 53.5 Å². The van der Waals surface area contributed by atoms with E-state index in [2.05, 4.69) is 4.98 Å². The Kier molecular flexibility index (Phi) is 3.23. The highest BCUT2D eigenvalue weighted by Crippen LogP contribution is 2.20. The molecule has 0 atom stereocenters. The summed E-state index contributed by atoms with van der Waals surface area (Å²) in [6.45, 7) is 2.20. The smallest absolute Gasteiger partial charge is 0.166 e. The number of hydrogen-bond acceptors (Lipinski definition) is 3. The van der Waals surface area contributed by atoms with E-state index < -0.39 is 0 Å². The molecule has 2 rings (SSSR count). The van der Waals surface area contributed by atoms with E-state index in [-0.39, 0.29) is 5.82 Å².